The number of alkyl halides is 3. The number of nitrogens with one attached hydrogen (secondary N) is 1. The van der Waals surface area contributed by atoms with E-state index >= 15 is 0 Å². The third-order valence-electron chi connectivity index (χ3n) is 2.56. The van der Waals surface area contributed by atoms with E-state index in [9.17, 15) is 22.8 Å². The second-order valence-electron chi connectivity index (χ2n) is 4.24. The maximum atomic E-state index is 11.9. The number of hydrogen-bond donors (Lipinski definition) is 2. The SMILES string of the molecule is O=C(O)Cc1ccc(CCCNC(=O)C(F)(F)F)cc1. The van der Waals surface area contributed by atoms with Crippen LogP contribution in [0.4, 0.5) is 13.2 Å². The quantitative estimate of drug-likeness (QED) is 0.786. The molecule has 0 atom stereocenters. The van der Waals surface area contributed by atoms with Crippen LogP contribution in [0.3, 0.4) is 0 Å². The Labute approximate surface area is 113 Å². The number of carboxylic acid groups (broad SMARTS) is 1. The van der Waals surface area contributed by atoms with E-state index in [4.69, 9.17) is 5.11 Å². The molecule has 0 aliphatic carbocycles. The molecule has 0 unspecified atom stereocenters. The summed E-state index contributed by atoms with van der Waals surface area (Å²) in [7, 11) is 0. The van der Waals surface area contributed by atoms with E-state index in [0.717, 1.165) is 5.56 Å². The Morgan fingerprint density at radius 1 is 1.10 bits per heavy atom. The van der Waals surface area contributed by atoms with E-state index in [0.29, 0.717) is 18.4 Å². The summed E-state index contributed by atoms with van der Waals surface area (Å²) in [5.41, 5.74) is 1.53. The Balaban J connectivity index is 2.32. The van der Waals surface area contributed by atoms with Crippen LogP contribution in [-0.4, -0.2) is 29.7 Å². The van der Waals surface area contributed by atoms with E-state index in [1.54, 1.807) is 29.6 Å². The van der Waals surface area contributed by atoms with Gasteiger partial charge in [-0.15, -0.1) is 0 Å². The molecule has 0 bridgehead atoms. The summed E-state index contributed by atoms with van der Waals surface area (Å²) in [6, 6.07) is 6.78. The highest BCUT2D eigenvalue weighted by atomic mass is 19.4. The molecule has 0 heterocycles. The largest absolute Gasteiger partial charge is 0.481 e. The van der Waals surface area contributed by atoms with Crippen LogP contribution in [0.15, 0.2) is 24.3 Å². The van der Waals surface area contributed by atoms with Crippen molar-refractivity contribution in [3.05, 3.63) is 35.4 Å². The fraction of sp³-hybridized carbons (Fsp3) is 0.385. The van der Waals surface area contributed by atoms with Crippen LogP contribution in [0.5, 0.6) is 0 Å². The fourth-order valence-electron chi connectivity index (χ4n) is 1.59. The predicted octanol–water partition coefficient (Wildman–Crippen LogP) is 1.92. The van der Waals surface area contributed by atoms with Crippen LogP contribution >= 0.6 is 0 Å². The number of hydrogen-bond acceptors (Lipinski definition) is 2. The molecule has 1 rings (SSSR count). The van der Waals surface area contributed by atoms with E-state index in [-0.39, 0.29) is 13.0 Å². The number of amides is 1. The zero-order valence-corrected chi connectivity index (χ0v) is 10.5. The normalized spacial score (nSPS) is 11.2. The molecule has 2 N–H and O–H groups in total. The number of halogens is 3. The molecular weight excluding hydrogens is 275 g/mol. The number of rotatable bonds is 6. The van der Waals surface area contributed by atoms with Crippen molar-refractivity contribution in [3.8, 4) is 0 Å². The highest BCUT2D eigenvalue weighted by molar-refractivity contribution is 5.81. The molecule has 0 radical (unpaired) electrons. The minimum atomic E-state index is -4.85. The lowest BCUT2D eigenvalue weighted by Gasteiger charge is -2.07. The minimum absolute atomic E-state index is 0.0603. The molecule has 1 aromatic carbocycles. The summed E-state index contributed by atoms with van der Waals surface area (Å²) in [6.07, 6.45) is -4.04. The summed E-state index contributed by atoms with van der Waals surface area (Å²) in [4.78, 5) is 21.0. The van der Waals surface area contributed by atoms with Gasteiger partial charge in [-0.05, 0) is 24.0 Å². The van der Waals surface area contributed by atoms with Crippen LogP contribution in [0.1, 0.15) is 17.5 Å². The van der Waals surface area contributed by atoms with Gasteiger partial charge in [-0.1, -0.05) is 24.3 Å². The maximum absolute atomic E-state index is 11.9. The number of aliphatic carboxylic acids is 1. The van der Waals surface area contributed by atoms with Crippen LogP contribution in [0.2, 0.25) is 0 Å². The first kappa shape index (κ1) is 16.0. The van der Waals surface area contributed by atoms with Gasteiger partial charge in [0, 0.05) is 6.54 Å². The van der Waals surface area contributed by atoms with Gasteiger partial charge in [0.2, 0.25) is 0 Å². The van der Waals surface area contributed by atoms with Gasteiger partial charge in [-0.3, -0.25) is 9.59 Å². The lowest BCUT2D eigenvalue weighted by molar-refractivity contribution is -0.173. The Morgan fingerprint density at radius 3 is 2.15 bits per heavy atom. The van der Waals surface area contributed by atoms with Crippen molar-refractivity contribution in [1.29, 1.82) is 0 Å². The molecule has 110 valence electrons. The number of carbonyl (C=O) groups excluding carboxylic acids is 1. The van der Waals surface area contributed by atoms with Crippen molar-refractivity contribution >= 4 is 11.9 Å². The van der Waals surface area contributed by atoms with Gasteiger partial charge in [0.15, 0.2) is 0 Å². The number of benzene rings is 1. The molecular formula is C13H14F3NO3. The van der Waals surface area contributed by atoms with Gasteiger partial charge in [0.1, 0.15) is 0 Å². The molecule has 0 aliphatic rings. The van der Waals surface area contributed by atoms with Crippen molar-refractivity contribution in [1.82, 2.24) is 5.32 Å². The van der Waals surface area contributed by atoms with E-state index < -0.39 is 18.1 Å². The zero-order valence-electron chi connectivity index (χ0n) is 10.5. The van der Waals surface area contributed by atoms with Gasteiger partial charge in [0.05, 0.1) is 6.42 Å². The Kier molecular flexibility index (Phi) is 5.54. The monoisotopic (exact) mass is 289 g/mol. The molecule has 1 amide bonds. The van der Waals surface area contributed by atoms with E-state index in [2.05, 4.69) is 0 Å². The van der Waals surface area contributed by atoms with E-state index in [1.165, 1.54) is 0 Å². The Morgan fingerprint density at radius 2 is 1.65 bits per heavy atom. The molecule has 0 saturated carbocycles. The van der Waals surface area contributed by atoms with Gasteiger partial charge in [0.25, 0.3) is 0 Å². The third-order valence-corrected chi connectivity index (χ3v) is 2.56. The number of carboxylic acids is 1. The van der Waals surface area contributed by atoms with Crippen LogP contribution in [-0.2, 0) is 22.4 Å². The minimum Gasteiger partial charge on any atom is -0.481 e. The first-order chi connectivity index (χ1) is 9.29. The summed E-state index contributed by atoms with van der Waals surface area (Å²) < 4.78 is 35.7. The van der Waals surface area contributed by atoms with Crippen molar-refractivity contribution in [2.75, 3.05) is 6.54 Å². The lowest BCUT2D eigenvalue weighted by atomic mass is 10.1. The molecule has 1 aromatic rings. The number of carbonyl (C=O) groups is 2. The topological polar surface area (TPSA) is 66.4 Å². The molecule has 0 aromatic heterocycles. The molecule has 20 heavy (non-hydrogen) atoms. The highest BCUT2D eigenvalue weighted by Gasteiger charge is 2.38. The lowest BCUT2D eigenvalue weighted by Crippen LogP contribution is -2.37. The number of aryl methyl sites for hydroxylation is 1. The Hall–Kier alpha value is -2.05. The smallest absolute Gasteiger partial charge is 0.471 e. The van der Waals surface area contributed by atoms with Crippen LogP contribution < -0.4 is 5.32 Å². The zero-order chi connectivity index (χ0) is 15.2. The average molecular weight is 289 g/mol. The first-order valence-electron chi connectivity index (χ1n) is 5.93. The molecule has 0 aliphatic heterocycles. The summed E-state index contributed by atoms with van der Waals surface area (Å²) >= 11 is 0. The molecule has 7 heteroatoms. The molecule has 0 spiro atoms. The van der Waals surface area contributed by atoms with Gasteiger partial charge < -0.3 is 10.4 Å². The predicted molar refractivity (Wildman–Crippen MR) is 65.2 cm³/mol. The van der Waals surface area contributed by atoms with Gasteiger partial charge >= 0.3 is 18.1 Å². The van der Waals surface area contributed by atoms with Crippen LogP contribution in [0.25, 0.3) is 0 Å². The van der Waals surface area contributed by atoms with Gasteiger partial charge in [-0.2, -0.15) is 13.2 Å². The van der Waals surface area contributed by atoms with Crippen molar-refractivity contribution < 1.29 is 27.9 Å². The third kappa shape index (κ3) is 5.73. The van der Waals surface area contributed by atoms with Crippen molar-refractivity contribution in [2.45, 2.75) is 25.4 Å². The maximum Gasteiger partial charge on any atom is 0.471 e. The highest BCUT2D eigenvalue weighted by Crippen LogP contribution is 2.14. The van der Waals surface area contributed by atoms with E-state index in [1.807, 2.05) is 0 Å². The van der Waals surface area contributed by atoms with Crippen molar-refractivity contribution in [3.63, 3.8) is 0 Å². The fourth-order valence-corrected chi connectivity index (χ4v) is 1.59. The summed E-state index contributed by atoms with van der Waals surface area (Å²) in [6.45, 7) is -0.0603. The first-order valence-corrected chi connectivity index (χ1v) is 5.93. The second-order valence-corrected chi connectivity index (χ2v) is 4.24. The Bertz CT molecular complexity index is 469. The molecule has 0 fully saturated rings. The molecule has 0 saturated heterocycles. The van der Waals surface area contributed by atoms with Gasteiger partial charge in [-0.25, -0.2) is 0 Å². The second kappa shape index (κ2) is 6.93. The summed E-state index contributed by atoms with van der Waals surface area (Å²) in [5, 5.41) is 10.4. The van der Waals surface area contributed by atoms with Crippen molar-refractivity contribution in [2.24, 2.45) is 0 Å². The molecule has 4 nitrogen and oxygen atoms in total. The van der Waals surface area contributed by atoms with Crippen LogP contribution in [0, 0.1) is 0 Å². The average Bonchev–Trinajstić information content (AvgIpc) is 2.34. The summed E-state index contributed by atoms with van der Waals surface area (Å²) in [5.74, 6) is -2.86. The standard InChI is InChI=1S/C13H14F3NO3/c14-13(15,16)12(20)17-7-1-2-9-3-5-10(6-4-9)8-11(18)19/h3-6H,1-2,7-8H2,(H,17,20)(H,18,19).